The van der Waals surface area contributed by atoms with Gasteiger partial charge < -0.3 is 29.6 Å². The van der Waals surface area contributed by atoms with Crippen molar-refractivity contribution in [2.75, 3.05) is 48.5 Å². The fourth-order valence-corrected chi connectivity index (χ4v) is 4.75. The van der Waals surface area contributed by atoms with Crippen LogP contribution in [0.1, 0.15) is 37.4 Å². The molecule has 7 nitrogen and oxygen atoms in total. The molecule has 0 amide bonds. The Labute approximate surface area is 164 Å². The van der Waals surface area contributed by atoms with Crippen LogP contribution in [-0.2, 0) is 0 Å². The molecule has 5 rings (SSSR count). The van der Waals surface area contributed by atoms with Crippen molar-refractivity contribution in [3.05, 3.63) is 30.0 Å². The second-order valence-electron chi connectivity index (χ2n) is 7.74. The van der Waals surface area contributed by atoms with E-state index < -0.39 is 0 Å². The number of piperazine rings is 1. The minimum atomic E-state index is 0.297. The Morgan fingerprint density at radius 1 is 0.964 bits per heavy atom. The first-order valence-corrected chi connectivity index (χ1v) is 10.0. The van der Waals surface area contributed by atoms with Crippen molar-refractivity contribution < 1.29 is 9.47 Å². The van der Waals surface area contributed by atoms with Gasteiger partial charge in [-0.25, -0.2) is 0 Å². The van der Waals surface area contributed by atoms with Crippen molar-refractivity contribution in [2.24, 2.45) is 0 Å². The third-order valence-electron chi connectivity index (χ3n) is 6.14. The van der Waals surface area contributed by atoms with E-state index in [2.05, 4.69) is 32.6 Å². The van der Waals surface area contributed by atoms with Gasteiger partial charge >= 0.3 is 0 Å². The maximum absolute atomic E-state index is 9.61. The number of aromatic nitrogens is 1. The fourth-order valence-electron chi connectivity index (χ4n) is 4.75. The SMILES string of the molecule is N#Cc1cc(N)c(N2CCN(c3ccc4c(c3)OCO4)CC2)n1C1CCCC1. The van der Waals surface area contributed by atoms with E-state index in [4.69, 9.17) is 15.2 Å². The highest BCUT2D eigenvalue weighted by molar-refractivity contribution is 5.69. The number of rotatable bonds is 3. The van der Waals surface area contributed by atoms with Gasteiger partial charge in [-0.1, -0.05) is 12.8 Å². The molecule has 28 heavy (non-hydrogen) atoms. The highest BCUT2D eigenvalue weighted by Crippen LogP contribution is 2.40. The summed E-state index contributed by atoms with van der Waals surface area (Å²) >= 11 is 0. The van der Waals surface area contributed by atoms with Crippen LogP contribution in [0.4, 0.5) is 17.2 Å². The number of nitrogen functional groups attached to an aromatic ring is 1. The predicted molar refractivity (Wildman–Crippen MR) is 108 cm³/mol. The number of anilines is 3. The number of benzene rings is 1. The van der Waals surface area contributed by atoms with Crippen LogP contribution < -0.4 is 25.0 Å². The van der Waals surface area contributed by atoms with Crippen molar-refractivity contribution in [2.45, 2.75) is 31.7 Å². The number of fused-ring (bicyclic) bond motifs is 1. The zero-order valence-corrected chi connectivity index (χ0v) is 15.9. The number of nitrogens with two attached hydrogens (primary N) is 1. The normalized spacial score (nSPS) is 19.2. The lowest BCUT2D eigenvalue weighted by atomic mass is 10.2. The number of ether oxygens (including phenoxy) is 2. The molecular formula is C21H25N5O2. The van der Waals surface area contributed by atoms with Crippen LogP contribution in [0.25, 0.3) is 0 Å². The molecule has 2 fully saturated rings. The first kappa shape index (κ1) is 17.1. The first-order chi connectivity index (χ1) is 13.7. The zero-order chi connectivity index (χ0) is 19.1. The van der Waals surface area contributed by atoms with Crippen molar-refractivity contribution >= 4 is 17.2 Å². The Bertz CT molecular complexity index is 918. The maximum atomic E-state index is 9.61. The minimum absolute atomic E-state index is 0.297. The topological polar surface area (TPSA) is 79.7 Å². The molecule has 1 saturated carbocycles. The molecule has 0 radical (unpaired) electrons. The van der Waals surface area contributed by atoms with Gasteiger partial charge in [-0.05, 0) is 31.0 Å². The van der Waals surface area contributed by atoms with Crippen molar-refractivity contribution in [3.63, 3.8) is 0 Å². The standard InChI is InChI=1S/C21H25N5O2/c22-13-17-11-18(23)21(26(17)15-3-1-2-4-15)25-9-7-24(8-10-25)16-5-6-19-20(12-16)28-14-27-19/h5-6,11-12,15H,1-4,7-10,14,23H2. The smallest absolute Gasteiger partial charge is 0.231 e. The molecule has 0 bridgehead atoms. The van der Waals surface area contributed by atoms with Crippen LogP contribution in [0.3, 0.4) is 0 Å². The second kappa shape index (κ2) is 6.86. The van der Waals surface area contributed by atoms with Crippen molar-refractivity contribution in [1.82, 2.24) is 4.57 Å². The molecular weight excluding hydrogens is 354 g/mol. The van der Waals surface area contributed by atoms with E-state index >= 15 is 0 Å². The van der Waals surface area contributed by atoms with Gasteiger partial charge in [-0.2, -0.15) is 5.26 Å². The summed E-state index contributed by atoms with van der Waals surface area (Å²) in [4.78, 5) is 4.71. The van der Waals surface area contributed by atoms with E-state index in [0.717, 1.165) is 67.7 Å². The monoisotopic (exact) mass is 379 g/mol. The van der Waals surface area contributed by atoms with Gasteiger partial charge in [-0.15, -0.1) is 0 Å². The molecule has 146 valence electrons. The summed E-state index contributed by atoms with van der Waals surface area (Å²) in [7, 11) is 0. The van der Waals surface area contributed by atoms with Crippen molar-refractivity contribution in [3.8, 4) is 17.6 Å². The summed E-state index contributed by atoms with van der Waals surface area (Å²) in [6, 6.07) is 10.7. The van der Waals surface area contributed by atoms with Gasteiger partial charge in [-0.3, -0.25) is 0 Å². The lowest BCUT2D eigenvalue weighted by Gasteiger charge is -2.38. The summed E-state index contributed by atoms with van der Waals surface area (Å²) in [6.45, 7) is 3.85. The van der Waals surface area contributed by atoms with E-state index in [1.165, 1.54) is 12.8 Å². The minimum Gasteiger partial charge on any atom is -0.454 e. The molecule has 0 atom stereocenters. The van der Waals surface area contributed by atoms with E-state index in [-0.39, 0.29) is 0 Å². The van der Waals surface area contributed by atoms with Crippen LogP contribution in [0.5, 0.6) is 11.5 Å². The molecule has 1 aromatic carbocycles. The Morgan fingerprint density at radius 2 is 1.68 bits per heavy atom. The Kier molecular flexibility index (Phi) is 4.19. The third-order valence-corrected chi connectivity index (χ3v) is 6.14. The maximum Gasteiger partial charge on any atom is 0.231 e. The largest absolute Gasteiger partial charge is 0.454 e. The van der Waals surface area contributed by atoms with Crippen LogP contribution in [0.2, 0.25) is 0 Å². The van der Waals surface area contributed by atoms with Gasteiger partial charge in [0.2, 0.25) is 6.79 Å². The molecule has 3 heterocycles. The van der Waals surface area contributed by atoms with E-state index in [0.29, 0.717) is 18.5 Å². The van der Waals surface area contributed by atoms with Crippen molar-refractivity contribution in [1.29, 1.82) is 5.26 Å². The average Bonchev–Trinajstić information content (AvgIpc) is 3.46. The van der Waals surface area contributed by atoms with Crippen LogP contribution in [0.15, 0.2) is 24.3 Å². The molecule has 1 saturated heterocycles. The quantitative estimate of drug-likeness (QED) is 0.883. The highest BCUT2D eigenvalue weighted by Gasteiger charge is 2.29. The van der Waals surface area contributed by atoms with Gasteiger partial charge in [0.1, 0.15) is 17.6 Å². The average molecular weight is 379 g/mol. The molecule has 0 spiro atoms. The number of nitriles is 1. The first-order valence-electron chi connectivity index (χ1n) is 10.0. The van der Waals surface area contributed by atoms with Crippen LogP contribution in [-0.4, -0.2) is 37.5 Å². The number of nitrogens with zero attached hydrogens (tertiary/aromatic N) is 4. The number of hydrogen-bond acceptors (Lipinski definition) is 6. The summed E-state index contributed by atoms with van der Waals surface area (Å²) in [5.41, 5.74) is 8.93. The molecule has 1 aliphatic carbocycles. The molecule has 2 aromatic rings. The molecule has 3 aliphatic rings. The molecule has 2 N–H and O–H groups in total. The molecule has 0 unspecified atom stereocenters. The van der Waals surface area contributed by atoms with Crippen LogP contribution in [0, 0.1) is 11.3 Å². The van der Waals surface area contributed by atoms with E-state index in [1.807, 2.05) is 12.1 Å². The highest BCUT2D eigenvalue weighted by atomic mass is 16.7. The van der Waals surface area contributed by atoms with E-state index in [9.17, 15) is 5.26 Å². The van der Waals surface area contributed by atoms with Gasteiger partial charge in [0, 0.05) is 44.0 Å². The van der Waals surface area contributed by atoms with Gasteiger partial charge in [0.15, 0.2) is 11.5 Å². The summed E-state index contributed by atoms with van der Waals surface area (Å²) in [6.07, 6.45) is 4.72. The third kappa shape index (κ3) is 2.80. The Hall–Kier alpha value is -3.01. The summed E-state index contributed by atoms with van der Waals surface area (Å²) < 4.78 is 13.1. The molecule has 2 aliphatic heterocycles. The lowest BCUT2D eigenvalue weighted by Crippen LogP contribution is -2.47. The lowest BCUT2D eigenvalue weighted by molar-refractivity contribution is 0.174. The Morgan fingerprint density at radius 3 is 2.43 bits per heavy atom. The van der Waals surface area contributed by atoms with Crippen LogP contribution >= 0.6 is 0 Å². The molecule has 7 heteroatoms. The second-order valence-corrected chi connectivity index (χ2v) is 7.74. The predicted octanol–water partition coefficient (Wildman–Crippen LogP) is 3.11. The van der Waals surface area contributed by atoms with Gasteiger partial charge in [0.05, 0.1) is 5.69 Å². The molecule has 1 aromatic heterocycles. The zero-order valence-electron chi connectivity index (χ0n) is 15.9. The summed E-state index contributed by atoms with van der Waals surface area (Å²) in [5.74, 6) is 2.67. The Balaban J connectivity index is 1.36. The summed E-state index contributed by atoms with van der Waals surface area (Å²) in [5, 5.41) is 9.61. The fraction of sp³-hybridized carbons (Fsp3) is 0.476. The number of hydrogen-bond donors (Lipinski definition) is 1. The van der Waals surface area contributed by atoms with Gasteiger partial charge in [0.25, 0.3) is 0 Å². The van der Waals surface area contributed by atoms with E-state index in [1.54, 1.807) is 0 Å².